The first kappa shape index (κ1) is 24.4. The molecule has 0 saturated carbocycles. The molecule has 0 amide bonds. The Bertz CT molecular complexity index is 567. The molecule has 146 valence electrons. The summed E-state index contributed by atoms with van der Waals surface area (Å²) < 4.78 is 0. The Morgan fingerprint density at radius 2 is 1.50 bits per heavy atom. The number of aliphatic hydroxyl groups excluding tert-OH is 1. The Kier molecular flexibility index (Phi) is 10.5. The SMILES string of the molecule is C=CC/C=C(\C=C)C(O)c1ccc(C(C)(C)CC)cc1.CCC(C)(C)C. The van der Waals surface area contributed by atoms with Crippen LogP contribution in [0, 0.1) is 5.41 Å². The Labute approximate surface area is 162 Å². The summed E-state index contributed by atoms with van der Waals surface area (Å²) in [6, 6.07) is 8.22. The van der Waals surface area contributed by atoms with Crippen LogP contribution >= 0.6 is 0 Å². The van der Waals surface area contributed by atoms with Gasteiger partial charge in [-0.05, 0) is 40.4 Å². The summed E-state index contributed by atoms with van der Waals surface area (Å²) in [7, 11) is 0. The standard InChI is InChI=1S/C19H26O.C6H14/c1-6-9-10-15(7-2)18(20)16-11-13-17(14-12-16)19(4,5)8-3;1-5-6(2,3)4/h6-7,10-14,18,20H,1-2,8-9H2,3-5H3;5H2,1-4H3/b15-10+;. The number of rotatable bonds is 7. The average molecular weight is 357 g/mol. The van der Waals surface area contributed by atoms with E-state index < -0.39 is 6.10 Å². The molecule has 0 saturated heterocycles. The highest BCUT2D eigenvalue weighted by Gasteiger charge is 2.18. The topological polar surface area (TPSA) is 20.2 Å². The molecule has 1 unspecified atom stereocenters. The Hall–Kier alpha value is -1.60. The Morgan fingerprint density at radius 3 is 1.85 bits per heavy atom. The normalized spacial score (nSPS) is 13.5. The van der Waals surface area contributed by atoms with E-state index in [9.17, 15) is 5.11 Å². The molecule has 0 aliphatic rings. The number of hydrogen-bond donors (Lipinski definition) is 1. The molecule has 0 fully saturated rings. The molecule has 1 atom stereocenters. The van der Waals surface area contributed by atoms with Crippen molar-refractivity contribution in [2.75, 3.05) is 0 Å². The maximum Gasteiger partial charge on any atom is 0.104 e. The zero-order chi connectivity index (χ0) is 20.4. The highest BCUT2D eigenvalue weighted by atomic mass is 16.3. The molecular weight excluding hydrogens is 316 g/mol. The van der Waals surface area contributed by atoms with E-state index in [0.717, 1.165) is 24.0 Å². The van der Waals surface area contributed by atoms with E-state index in [0.29, 0.717) is 5.41 Å². The van der Waals surface area contributed by atoms with Crippen molar-refractivity contribution in [1.29, 1.82) is 0 Å². The third-order valence-electron chi connectivity index (χ3n) is 5.02. The van der Waals surface area contributed by atoms with Crippen LogP contribution in [0.1, 0.15) is 85.0 Å². The second-order valence-electron chi connectivity index (χ2n) is 8.61. The lowest BCUT2D eigenvalue weighted by molar-refractivity contribution is 0.219. The molecule has 0 heterocycles. The molecule has 0 aromatic heterocycles. The fourth-order valence-electron chi connectivity index (χ4n) is 2.04. The first-order chi connectivity index (χ1) is 12.0. The van der Waals surface area contributed by atoms with E-state index >= 15 is 0 Å². The molecule has 1 heteroatoms. The van der Waals surface area contributed by atoms with E-state index in [-0.39, 0.29) is 5.41 Å². The Balaban J connectivity index is 0.000000896. The molecule has 0 aliphatic heterocycles. The van der Waals surface area contributed by atoms with Crippen molar-refractivity contribution in [1.82, 2.24) is 0 Å². The molecule has 1 aromatic rings. The summed E-state index contributed by atoms with van der Waals surface area (Å²) in [5.41, 5.74) is 3.73. The summed E-state index contributed by atoms with van der Waals surface area (Å²) in [6.45, 7) is 23.1. The van der Waals surface area contributed by atoms with Crippen molar-refractivity contribution < 1.29 is 5.11 Å². The van der Waals surface area contributed by atoms with Crippen molar-refractivity contribution >= 4 is 0 Å². The number of allylic oxidation sites excluding steroid dienone is 2. The summed E-state index contributed by atoms with van der Waals surface area (Å²) >= 11 is 0. The first-order valence-corrected chi connectivity index (χ1v) is 9.74. The lowest BCUT2D eigenvalue weighted by atomic mass is 9.81. The predicted molar refractivity (Wildman–Crippen MR) is 118 cm³/mol. The van der Waals surface area contributed by atoms with Crippen LogP contribution in [0.5, 0.6) is 0 Å². The maximum absolute atomic E-state index is 10.4. The molecule has 0 radical (unpaired) electrons. The molecule has 0 bridgehead atoms. The molecule has 0 spiro atoms. The fourth-order valence-corrected chi connectivity index (χ4v) is 2.04. The van der Waals surface area contributed by atoms with Gasteiger partial charge >= 0.3 is 0 Å². The molecule has 1 nitrogen and oxygen atoms in total. The largest absolute Gasteiger partial charge is 0.384 e. The minimum Gasteiger partial charge on any atom is -0.384 e. The van der Waals surface area contributed by atoms with Crippen LogP contribution in [-0.2, 0) is 5.41 Å². The van der Waals surface area contributed by atoms with Gasteiger partial charge in [0, 0.05) is 0 Å². The van der Waals surface area contributed by atoms with Gasteiger partial charge < -0.3 is 5.11 Å². The van der Waals surface area contributed by atoms with Crippen LogP contribution in [0.2, 0.25) is 0 Å². The highest BCUT2D eigenvalue weighted by Crippen LogP contribution is 2.29. The number of aliphatic hydroxyl groups is 1. The predicted octanol–water partition coefficient (Wildman–Crippen LogP) is 7.54. The average Bonchev–Trinajstić information content (AvgIpc) is 2.62. The summed E-state index contributed by atoms with van der Waals surface area (Å²) in [6.07, 6.45) is 7.94. The quantitative estimate of drug-likeness (QED) is 0.395. The highest BCUT2D eigenvalue weighted by molar-refractivity contribution is 5.35. The van der Waals surface area contributed by atoms with E-state index in [2.05, 4.69) is 73.8 Å². The van der Waals surface area contributed by atoms with Crippen LogP contribution in [0.25, 0.3) is 0 Å². The smallest absolute Gasteiger partial charge is 0.104 e. The summed E-state index contributed by atoms with van der Waals surface area (Å²) in [5.74, 6) is 0. The zero-order valence-electron chi connectivity index (χ0n) is 18.1. The van der Waals surface area contributed by atoms with Crippen LogP contribution < -0.4 is 0 Å². The van der Waals surface area contributed by atoms with Gasteiger partial charge in [0.2, 0.25) is 0 Å². The van der Waals surface area contributed by atoms with Gasteiger partial charge in [-0.25, -0.2) is 0 Å². The van der Waals surface area contributed by atoms with Gasteiger partial charge in [-0.2, -0.15) is 0 Å². The number of benzene rings is 1. The van der Waals surface area contributed by atoms with Gasteiger partial charge in [0.15, 0.2) is 0 Å². The fraction of sp³-hybridized carbons (Fsp3) is 0.520. The maximum atomic E-state index is 10.4. The summed E-state index contributed by atoms with van der Waals surface area (Å²) in [4.78, 5) is 0. The molecule has 0 aliphatic carbocycles. The van der Waals surface area contributed by atoms with Crippen LogP contribution in [0.4, 0.5) is 0 Å². The van der Waals surface area contributed by atoms with Gasteiger partial charge in [0.05, 0.1) is 0 Å². The van der Waals surface area contributed by atoms with Crippen molar-refractivity contribution in [3.8, 4) is 0 Å². The van der Waals surface area contributed by atoms with Crippen molar-refractivity contribution in [2.24, 2.45) is 5.41 Å². The first-order valence-electron chi connectivity index (χ1n) is 9.74. The molecule has 1 N–H and O–H groups in total. The summed E-state index contributed by atoms with van der Waals surface area (Å²) in [5, 5.41) is 10.4. The van der Waals surface area contributed by atoms with Gasteiger partial charge in [0.25, 0.3) is 0 Å². The van der Waals surface area contributed by atoms with Crippen LogP contribution in [-0.4, -0.2) is 5.11 Å². The third-order valence-corrected chi connectivity index (χ3v) is 5.02. The third kappa shape index (κ3) is 8.67. The van der Waals surface area contributed by atoms with Crippen molar-refractivity contribution in [3.63, 3.8) is 0 Å². The van der Waals surface area contributed by atoms with E-state index in [1.165, 1.54) is 12.0 Å². The van der Waals surface area contributed by atoms with E-state index in [1.54, 1.807) is 6.08 Å². The lowest BCUT2D eigenvalue weighted by Crippen LogP contribution is -2.15. The van der Waals surface area contributed by atoms with E-state index in [1.807, 2.05) is 24.3 Å². The van der Waals surface area contributed by atoms with Crippen LogP contribution in [0.3, 0.4) is 0 Å². The van der Waals surface area contributed by atoms with Gasteiger partial charge in [0.1, 0.15) is 6.10 Å². The monoisotopic (exact) mass is 356 g/mol. The second kappa shape index (κ2) is 11.2. The minimum absolute atomic E-state index is 0.170. The molecule has 26 heavy (non-hydrogen) atoms. The minimum atomic E-state index is -0.619. The number of hydrogen-bond acceptors (Lipinski definition) is 1. The lowest BCUT2D eigenvalue weighted by Gasteiger charge is -2.24. The molecule has 1 rings (SSSR count). The molecule has 1 aromatic carbocycles. The van der Waals surface area contributed by atoms with Crippen molar-refractivity contribution in [2.45, 2.75) is 79.2 Å². The second-order valence-corrected chi connectivity index (χ2v) is 8.61. The van der Waals surface area contributed by atoms with Gasteiger partial charge in [-0.1, -0.05) is 104 Å². The van der Waals surface area contributed by atoms with Crippen molar-refractivity contribution in [3.05, 3.63) is 72.4 Å². The van der Waals surface area contributed by atoms with Crippen LogP contribution in [0.15, 0.2) is 61.2 Å². The van der Waals surface area contributed by atoms with E-state index in [4.69, 9.17) is 0 Å². The zero-order valence-corrected chi connectivity index (χ0v) is 18.1. The van der Waals surface area contributed by atoms with Gasteiger partial charge in [-0.3, -0.25) is 0 Å². The Morgan fingerprint density at radius 1 is 1.00 bits per heavy atom. The van der Waals surface area contributed by atoms with Gasteiger partial charge in [-0.15, -0.1) is 6.58 Å². The molecular formula is C25H40O.